The van der Waals surface area contributed by atoms with E-state index in [0.717, 1.165) is 35.7 Å². The van der Waals surface area contributed by atoms with Crippen LogP contribution >= 0.6 is 11.6 Å². The molecule has 1 aromatic carbocycles. The molecular weight excluding hydrogens is 278 g/mol. The van der Waals surface area contributed by atoms with Crippen LogP contribution in [0.2, 0.25) is 5.15 Å². The van der Waals surface area contributed by atoms with Crippen molar-refractivity contribution in [1.29, 1.82) is 0 Å². The minimum atomic E-state index is -1.000. The van der Waals surface area contributed by atoms with Gasteiger partial charge in [0.1, 0.15) is 10.9 Å². The Morgan fingerprint density at radius 3 is 2.85 bits per heavy atom. The molecule has 5 heteroatoms. The highest BCUT2D eigenvalue weighted by molar-refractivity contribution is 6.33. The summed E-state index contributed by atoms with van der Waals surface area (Å²) in [6.07, 6.45) is 3.54. The third-order valence-corrected chi connectivity index (χ3v) is 3.49. The van der Waals surface area contributed by atoms with E-state index in [9.17, 15) is 4.79 Å². The molecule has 4 nitrogen and oxygen atoms in total. The van der Waals surface area contributed by atoms with Crippen LogP contribution in [0.1, 0.15) is 18.9 Å². The number of fused-ring (bicyclic) bond motifs is 1. The van der Waals surface area contributed by atoms with E-state index in [1.54, 1.807) is 7.11 Å². The Bertz CT molecular complexity index is 673. The molecule has 20 heavy (non-hydrogen) atoms. The lowest BCUT2D eigenvalue weighted by Gasteiger charge is -2.08. The van der Waals surface area contributed by atoms with Crippen LogP contribution in [0.4, 0.5) is 0 Å². The number of hydrogen-bond donors (Lipinski definition) is 1. The fraction of sp³-hybridized carbons (Fsp3) is 0.267. The van der Waals surface area contributed by atoms with E-state index in [2.05, 4.69) is 6.92 Å². The molecule has 2 rings (SSSR count). The molecule has 0 radical (unpaired) electrons. The number of ether oxygens (including phenoxy) is 1. The van der Waals surface area contributed by atoms with Crippen LogP contribution in [0.25, 0.3) is 17.0 Å². The van der Waals surface area contributed by atoms with Gasteiger partial charge in [0.15, 0.2) is 0 Å². The molecule has 2 aromatic rings. The Morgan fingerprint density at radius 2 is 2.25 bits per heavy atom. The van der Waals surface area contributed by atoms with Crippen molar-refractivity contribution in [3.8, 4) is 5.75 Å². The van der Waals surface area contributed by atoms with Crippen LogP contribution in [-0.2, 0) is 11.3 Å². The van der Waals surface area contributed by atoms with Gasteiger partial charge in [-0.05, 0) is 18.6 Å². The maximum Gasteiger partial charge on any atom is 0.328 e. The number of carboxylic acid groups (broad SMARTS) is 1. The third-order valence-electron chi connectivity index (χ3n) is 3.08. The molecule has 0 atom stereocenters. The zero-order valence-electron chi connectivity index (χ0n) is 11.4. The van der Waals surface area contributed by atoms with Gasteiger partial charge < -0.3 is 14.4 Å². The molecule has 0 spiro atoms. The maximum atomic E-state index is 10.7. The average Bonchev–Trinajstić information content (AvgIpc) is 2.70. The van der Waals surface area contributed by atoms with Crippen molar-refractivity contribution in [2.45, 2.75) is 19.9 Å². The summed E-state index contributed by atoms with van der Waals surface area (Å²) in [5.74, 6) is -0.270. The number of halogens is 1. The number of nitrogens with zero attached hydrogens (tertiary/aromatic N) is 1. The zero-order valence-corrected chi connectivity index (χ0v) is 12.1. The fourth-order valence-electron chi connectivity index (χ4n) is 2.28. The summed E-state index contributed by atoms with van der Waals surface area (Å²) in [4.78, 5) is 10.7. The summed E-state index contributed by atoms with van der Waals surface area (Å²) in [5.41, 5.74) is 1.60. The highest BCUT2D eigenvalue weighted by atomic mass is 35.5. The van der Waals surface area contributed by atoms with Gasteiger partial charge in [0, 0.05) is 23.6 Å². The average molecular weight is 294 g/mol. The second-order valence-electron chi connectivity index (χ2n) is 4.38. The van der Waals surface area contributed by atoms with Crippen molar-refractivity contribution in [2.75, 3.05) is 7.11 Å². The molecule has 0 aliphatic heterocycles. The first-order chi connectivity index (χ1) is 9.60. The van der Waals surface area contributed by atoms with Gasteiger partial charge >= 0.3 is 5.97 Å². The van der Waals surface area contributed by atoms with Crippen molar-refractivity contribution in [1.82, 2.24) is 4.57 Å². The van der Waals surface area contributed by atoms with E-state index in [4.69, 9.17) is 21.4 Å². The van der Waals surface area contributed by atoms with E-state index >= 15 is 0 Å². The molecule has 1 heterocycles. The number of benzene rings is 1. The lowest BCUT2D eigenvalue weighted by molar-refractivity contribution is -0.131. The molecular formula is C15H16ClNO3. The molecule has 0 aliphatic carbocycles. The van der Waals surface area contributed by atoms with E-state index in [-0.39, 0.29) is 0 Å². The second kappa shape index (κ2) is 6.01. The predicted octanol–water partition coefficient (Wildman–Crippen LogP) is 3.81. The third kappa shape index (κ3) is 2.51. The van der Waals surface area contributed by atoms with Crippen molar-refractivity contribution >= 4 is 34.5 Å². The van der Waals surface area contributed by atoms with Gasteiger partial charge in [-0.15, -0.1) is 0 Å². The van der Waals surface area contributed by atoms with E-state index in [0.29, 0.717) is 10.7 Å². The number of aryl methyl sites for hydroxylation is 1. The Hall–Kier alpha value is -1.94. The quantitative estimate of drug-likeness (QED) is 0.853. The minimum absolute atomic E-state index is 0.531. The van der Waals surface area contributed by atoms with Crippen molar-refractivity contribution < 1.29 is 14.6 Å². The van der Waals surface area contributed by atoms with Crippen LogP contribution < -0.4 is 4.74 Å². The van der Waals surface area contributed by atoms with Gasteiger partial charge in [0.25, 0.3) is 0 Å². The Labute approximate surface area is 122 Å². The number of aromatic nitrogens is 1. The van der Waals surface area contributed by atoms with Crippen LogP contribution in [0.5, 0.6) is 5.75 Å². The monoisotopic (exact) mass is 293 g/mol. The first-order valence-corrected chi connectivity index (χ1v) is 6.73. The second-order valence-corrected chi connectivity index (χ2v) is 4.74. The molecule has 0 saturated heterocycles. The SMILES string of the molecule is CCCn1c(Cl)c(/C=C/C(=O)O)c2cccc(OC)c21. The van der Waals surface area contributed by atoms with Gasteiger partial charge in [0.2, 0.25) is 0 Å². The van der Waals surface area contributed by atoms with Gasteiger partial charge in [-0.25, -0.2) is 4.79 Å². The molecule has 0 unspecified atom stereocenters. The largest absolute Gasteiger partial charge is 0.495 e. The highest BCUT2D eigenvalue weighted by Crippen LogP contribution is 2.36. The molecule has 0 aliphatic rings. The fourth-order valence-corrected chi connectivity index (χ4v) is 2.62. The van der Waals surface area contributed by atoms with E-state index in [1.165, 1.54) is 6.08 Å². The summed E-state index contributed by atoms with van der Waals surface area (Å²) in [6, 6.07) is 5.65. The smallest absolute Gasteiger partial charge is 0.328 e. The summed E-state index contributed by atoms with van der Waals surface area (Å²) in [7, 11) is 1.61. The highest BCUT2D eigenvalue weighted by Gasteiger charge is 2.16. The lowest BCUT2D eigenvalue weighted by atomic mass is 10.1. The zero-order chi connectivity index (χ0) is 14.7. The summed E-state index contributed by atoms with van der Waals surface area (Å²) in [6.45, 7) is 2.81. The Morgan fingerprint density at radius 1 is 1.50 bits per heavy atom. The molecule has 0 fully saturated rings. The van der Waals surface area contributed by atoms with Crippen molar-refractivity contribution in [3.05, 3.63) is 35.0 Å². The van der Waals surface area contributed by atoms with Gasteiger partial charge in [0.05, 0.1) is 12.6 Å². The van der Waals surface area contributed by atoms with Crippen LogP contribution in [-0.4, -0.2) is 22.8 Å². The maximum absolute atomic E-state index is 10.7. The van der Waals surface area contributed by atoms with Gasteiger partial charge in [-0.1, -0.05) is 30.7 Å². The summed E-state index contributed by atoms with van der Waals surface area (Å²) < 4.78 is 7.34. The van der Waals surface area contributed by atoms with Crippen molar-refractivity contribution in [3.63, 3.8) is 0 Å². The number of carbonyl (C=O) groups is 1. The number of methoxy groups -OCH3 is 1. The van der Waals surface area contributed by atoms with Crippen LogP contribution in [0, 0.1) is 0 Å². The number of aliphatic carboxylic acids is 1. The van der Waals surface area contributed by atoms with Crippen molar-refractivity contribution in [2.24, 2.45) is 0 Å². The van der Waals surface area contributed by atoms with Crippen LogP contribution in [0.3, 0.4) is 0 Å². The number of carboxylic acids is 1. The molecule has 1 aromatic heterocycles. The topological polar surface area (TPSA) is 51.5 Å². The summed E-state index contributed by atoms with van der Waals surface area (Å²) >= 11 is 6.41. The predicted molar refractivity (Wildman–Crippen MR) is 80.5 cm³/mol. The first kappa shape index (κ1) is 14.5. The number of hydrogen-bond acceptors (Lipinski definition) is 2. The van der Waals surface area contributed by atoms with Gasteiger partial charge in [-0.2, -0.15) is 0 Å². The minimum Gasteiger partial charge on any atom is -0.495 e. The Kier molecular flexibility index (Phi) is 4.35. The summed E-state index contributed by atoms with van der Waals surface area (Å²) in [5, 5.41) is 10.2. The van der Waals surface area contributed by atoms with Crippen LogP contribution in [0.15, 0.2) is 24.3 Å². The molecule has 1 N–H and O–H groups in total. The normalized spacial score (nSPS) is 11.3. The first-order valence-electron chi connectivity index (χ1n) is 6.35. The molecule has 106 valence electrons. The molecule has 0 saturated carbocycles. The standard InChI is InChI=1S/C15H16ClNO3/c1-3-9-17-14-10(5-4-6-12(14)20-2)11(15(17)16)7-8-13(18)19/h4-8H,3,9H2,1-2H3,(H,18,19)/b8-7+. The van der Waals surface area contributed by atoms with Gasteiger partial charge in [-0.3, -0.25) is 0 Å². The Balaban J connectivity index is 2.75. The van der Waals surface area contributed by atoms with E-state index < -0.39 is 5.97 Å². The number of para-hydroxylation sites is 1. The number of rotatable bonds is 5. The molecule has 0 amide bonds. The lowest BCUT2D eigenvalue weighted by Crippen LogP contribution is -1.98. The molecule has 0 bridgehead atoms. The van der Waals surface area contributed by atoms with E-state index in [1.807, 2.05) is 22.8 Å².